The van der Waals surface area contributed by atoms with Gasteiger partial charge >= 0.3 is 6.09 Å². The summed E-state index contributed by atoms with van der Waals surface area (Å²) in [5, 5.41) is 2.96. The van der Waals surface area contributed by atoms with Gasteiger partial charge in [-0.2, -0.15) is 0 Å². The highest BCUT2D eigenvalue weighted by Crippen LogP contribution is 2.39. The number of rotatable bonds is 8. The number of alkyl carbamates (subject to hydrolysis) is 1. The Kier molecular flexibility index (Phi) is 10.9. The van der Waals surface area contributed by atoms with E-state index in [2.05, 4.69) is 57.4 Å². The van der Waals surface area contributed by atoms with Gasteiger partial charge in [-0.25, -0.2) is 17.9 Å². The number of hydrogen-bond donors (Lipinski definition) is 2. The van der Waals surface area contributed by atoms with Crippen LogP contribution in [0, 0.1) is 0 Å². The smallest absolute Gasteiger partial charge is 0.407 e. The van der Waals surface area contributed by atoms with Gasteiger partial charge in [0.1, 0.15) is 5.60 Å². The molecule has 2 fully saturated rings. The minimum absolute atomic E-state index is 0.151. The quantitative estimate of drug-likeness (QED) is 0.473. The fraction of sp³-hybridized carbons (Fsp3) is 0.500. The van der Waals surface area contributed by atoms with Gasteiger partial charge in [0.15, 0.2) is 0 Å². The molecule has 38 heavy (non-hydrogen) atoms. The van der Waals surface area contributed by atoms with Crippen LogP contribution in [0.4, 0.5) is 4.79 Å². The van der Waals surface area contributed by atoms with Crippen LogP contribution in [0.2, 0.25) is 0 Å². The topological polar surface area (TPSA) is 87.7 Å². The van der Waals surface area contributed by atoms with Crippen LogP contribution in [0.1, 0.15) is 69.1 Å². The van der Waals surface area contributed by atoms with E-state index in [1.165, 1.54) is 24.0 Å². The number of nitrogens with zero attached hydrogens (tertiary/aromatic N) is 1. The van der Waals surface area contributed by atoms with E-state index in [0.29, 0.717) is 0 Å². The SMILES string of the molecule is CC(C)(C)OC(=O)NC1CCN(Cc2cccc(/C=C/CNS(C)(=O)=O)c2)CC1.c1ccc(C2CC2)cc1. The number of likely N-dealkylation sites (tertiary alicyclic amines) is 1. The summed E-state index contributed by atoms with van der Waals surface area (Å²) in [5.74, 6) is 0.909. The number of sulfonamides is 1. The number of hydrogen-bond acceptors (Lipinski definition) is 5. The Morgan fingerprint density at radius 1 is 1.03 bits per heavy atom. The zero-order valence-corrected chi connectivity index (χ0v) is 24.0. The van der Waals surface area contributed by atoms with Crippen molar-refractivity contribution in [2.45, 2.75) is 70.6 Å². The van der Waals surface area contributed by atoms with Gasteiger partial charge in [0, 0.05) is 32.2 Å². The van der Waals surface area contributed by atoms with Gasteiger partial charge in [0.25, 0.3) is 0 Å². The van der Waals surface area contributed by atoms with Crippen molar-refractivity contribution in [3.63, 3.8) is 0 Å². The predicted octanol–water partition coefficient (Wildman–Crippen LogP) is 5.30. The average molecular weight is 542 g/mol. The molecule has 2 aromatic carbocycles. The van der Waals surface area contributed by atoms with Crippen molar-refractivity contribution in [1.82, 2.24) is 14.9 Å². The Hall–Kier alpha value is -2.68. The Balaban J connectivity index is 0.000000368. The van der Waals surface area contributed by atoms with E-state index in [1.807, 2.05) is 39.0 Å². The molecule has 2 aromatic rings. The summed E-state index contributed by atoms with van der Waals surface area (Å²) < 4.78 is 29.9. The van der Waals surface area contributed by atoms with Crippen molar-refractivity contribution in [3.05, 3.63) is 77.4 Å². The van der Waals surface area contributed by atoms with Crippen molar-refractivity contribution in [1.29, 1.82) is 0 Å². The highest BCUT2D eigenvalue weighted by Gasteiger charge is 2.24. The van der Waals surface area contributed by atoms with Crippen molar-refractivity contribution >= 4 is 22.2 Å². The second kappa shape index (κ2) is 13.9. The number of piperidine rings is 1. The summed E-state index contributed by atoms with van der Waals surface area (Å²) in [7, 11) is -3.17. The number of carbonyl (C=O) groups excluding carboxylic acids is 1. The third-order valence-corrected chi connectivity index (χ3v) is 6.98. The number of ether oxygens (including phenoxy) is 1. The molecule has 2 aliphatic rings. The zero-order chi connectivity index (χ0) is 27.6. The van der Waals surface area contributed by atoms with Gasteiger partial charge < -0.3 is 10.1 Å². The van der Waals surface area contributed by atoms with Crippen LogP contribution in [-0.2, 0) is 21.3 Å². The molecule has 0 unspecified atom stereocenters. The highest BCUT2D eigenvalue weighted by atomic mass is 32.2. The molecule has 0 radical (unpaired) electrons. The summed E-state index contributed by atoms with van der Waals surface area (Å²) >= 11 is 0. The van der Waals surface area contributed by atoms with Gasteiger partial charge in [-0.3, -0.25) is 4.90 Å². The second-order valence-electron chi connectivity index (χ2n) is 11.1. The Morgan fingerprint density at radius 2 is 1.71 bits per heavy atom. The van der Waals surface area contributed by atoms with Crippen molar-refractivity contribution in [2.24, 2.45) is 0 Å². The summed E-state index contributed by atoms with van der Waals surface area (Å²) in [4.78, 5) is 14.3. The maximum Gasteiger partial charge on any atom is 0.407 e. The van der Waals surface area contributed by atoms with Crippen LogP contribution in [0.5, 0.6) is 0 Å². The molecule has 1 saturated carbocycles. The normalized spacial score (nSPS) is 17.1. The standard InChI is InChI=1S/C21H33N3O4S.C9H10/c1-21(2,3)28-20(25)23-19-10-13-24(14-11-19)16-18-8-5-7-17(15-18)9-6-12-22-29(4,26)27;1-2-4-8(5-3-1)9-6-7-9/h5-9,15,19,22H,10-14,16H2,1-4H3,(H,23,25);1-5,9H,6-7H2/b9-6+;. The molecule has 2 N–H and O–H groups in total. The molecule has 1 heterocycles. The lowest BCUT2D eigenvalue weighted by atomic mass is 10.0. The molecule has 0 spiro atoms. The first-order valence-electron chi connectivity index (χ1n) is 13.4. The Bertz CT molecular complexity index is 1150. The van der Waals surface area contributed by atoms with Gasteiger partial charge in [-0.1, -0.05) is 66.7 Å². The lowest BCUT2D eigenvalue weighted by Crippen LogP contribution is -2.45. The summed E-state index contributed by atoms with van der Waals surface area (Å²) in [6.07, 6.45) is 9.13. The fourth-order valence-corrected chi connectivity index (χ4v) is 4.70. The molecule has 208 valence electrons. The molecule has 1 aliphatic heterocycles. The molecule has 8 heteroatoms. The van der Waals surface area contributed by atoms with E-state index < -0.39 is 15.6 Å². The van der Waals surface area contributed by atoms with Gasteiger partial charge in [-0.05, 0) is 69.1 Å². The largest absolute Gasteiger partial charge is 0.444 e. The number of amides is 1. The molecule has 4 rings (SSSR count). The van der Waals surface area contributed by atoms with E-state index in [1.54, 1.807) is 6.08 Å². The first-order chi connectivity index (χ1) is 18.0. The second-order valence-corrected chi connectivity index (χ2v) is 13.0. The average Bonchev–Trinajstić information content (AvgIpc) is 3.68. The van der Waals surface area contributed by atoms with Crippen LogP contribution in [0.15, 0.2) is 60.7 Å². The first-order valence-corrected chi connectivity index (χ1v) is 15.3. The molecule has 0 atom stereocenters. The highest BCUT2D eigenvalue weighted by molar-refractivity contribution is 7.88. The number of carbonyl (C=O) groups is 1. The summed E-state index contributed by atoms with van der Waals surface area (Å²) in [6, 6.07) is 19.1. The lowest BCUT2D eigenvalue weighted by Gasteiger charge is -2.32. The maximum absolute atomic E-state index is 11.9. The van der Waals surface area contributed by atoms with Gasteiger partial charge in [0.2, 0.25) is 10.0 Å². The first kappa shape index (κ1) is 29.9. The molecular formula is C30H43N3O4S. The van der Waals surface area contributed by atoms with E-state index in [-0.39, 0.29) is 18.7 Å². The molecule has 1 amide bonds. The minimum Gasteiger partial charge on any atom is -0.444 e. The monoisotopic (exact) mass is 541 g/mol. The van der Waals surface area contributed by atoms with Crippen LogP contribution >= 0.6 is 0 Å². The lowest BCUT2D eigenvalue weighted by molar-refractivity contribution is 0.0477. The van der Waals surface area contributed by atoms with E-state index in [0.717, 1.165) is 50.2 Å². The minimum atomic E-state index is -3.17. The van der Waals surface area contributed by atoms with Crippen LogP contribution in [-0.4, -0.2) is 56.9 Å². The molecular weight excluding hydrogens is 498 g/mol. The Morgan fingerprint density at radius 3 is 2.32 bits per heavy atom. The molecule has 0 aromatic heterocycles. The number of benzene rings is 2. The fourth-order valence-electron chi connectivity index (χ4n) is 4.30. The molecule has 1 aliphatic carbocycles. The molecule has 0 bridgehead atoms. The van der Waals surface area contributed by atoms with Crippen molar-refractivity contribution in [3.8, 4) is 0 Å². The third-order valence-electron chi connectivity index (χ3n) is 6.29. The third kappa shape index (κ3) is 12.2. The van der Waals surface area contributed by atoms with Crippen molar-refractivity contribution < 1.29 is 17.9 Å². The van der Waals surface area contributed by atoms with E-state index >= 15 is 0 Å². The Labute approximate surface area is 228 Å². The molecule has 7 nitrogen and oxygen atoms in total. The number of nitrogens with one attached hydrogen (secondary N) is 2. The zero-order valence-electron chi connectivity index (χ0n) is 23.2. The van der Waals surface area contributed by atoms with Gasteiger partial charge in [0.05, 0.1) is 6.26 Å². The van der Waals surface area contributed by atoms with Crippen LogP contribution < -0.4 is 10.0 Å². The predicted molar refractivity (Wildman–Crippen MR) is 154 cm³/mol. The van der Waals surface area contributed by atoms with Gasteiger partial charge in [-0.15, -0.1) is 0 Å². The van der Waals surface area contributed by atoms with Crippen LogP contribution in [0.25, 0.3) is 6.08 Å². The van der Waals surface area contributed by atoms with E-state index in [9.17, 15) is 13.2 Å². The molecule has 1 saturated heterocycles. The van der Waals surface area contributed by atoms with E-state index in [4.69, 9.17) is 4.74 Å². The maximum atomic E-state index is 11.9. The summed E-state index contributed by atoms with van der Waals surface area (Å²) in [5.41, 5.74) is 3.30. The summed E-state index contributed by atoms with van der Waals surface area (Å²) in [6.45, 7) is 8.55. The van der Waals surface area contributed by atoms with Crippen LogP contribution in [0.3, 0.4) is 0 Å². The van der Waals surface area contributed by atoms with Crippen molar-refractivity contribution in [2.75, 3.05) is 25.9 Å².